The highest BCUT2D eigenvalue weighted by Gasteiger charge is 2.46. The fraction of sp³-hybridized carbons (Fsp3) is 0.567. The van der Waals surface area contributed by atoms with E-state index in [0.29, 0.717) is 39.0 Å². The van der Waals surface area contributed by atoms with Crippen molar-refractivity contribution in [3.63, 3.8) is 0 Å². The van der Waals surface area contributed by atoms with E-state index in [1.54, 1.807) is 11.0 Å². The van der Waals surface area contributed by atoms with Crippen LogP contribution in [0.2, 0.25) is 0 Å². The van der Waals surface area contributed by atoms with Crippen LogP contribution in [0.5, 0.6) is 5.75 Å². The predicted octanol–water partition coefficient (Wildman–Crippen LogP) is 5.83. The van der Waals surface area contributed by atoms with E-state index in [4.69, 9.17) is 19.3 Å². The summed E-state index contributed by atoms with van der Waals surface area (Å²) in [6, 6.07) is 6.43. The molecule has 1 aromatic heterocycles. The van der Waals surface area contributed by atoms with Crippen LogP contribution in [0.1, 0.15) is 70.0 Å². The smallest absolute Gasteiger partial charge is 0.410 e. The van der Waals surface area contributed by atoms with E-state index < -0.39 is 11.2 Å². The van der Waals surface area contributed by atoms with Crippen molar-refractivity contribution in [3.8, 4) is 17.0 Å². The number of ether oxygens (including phenoxy) is 3. The molecule has 5 rings (SSSR count). The summed E-state index contributed by atoms with van der Waals surface area (Å²) in [5, 5.41) is 5.15. The van der Waals surface area contributed by atoms with E-state index in [0.717, 1.165) is 47.4 Å². The normalized spacial score (nSPS) is 20.4. The van der Waals surface area contributed by atoms with Crippen LogP contribution in [0.3, 0.4) is 0 Å². The summed E-state index contributed by atoms with van der Waals surface area (Å²) in [5.41, 5.74) is 3.08. The van der Waals surface area contributed by atoms with E-state index in [1.165, 1.54) is 0 Å². The summed E-state index contributed by atoms with van der Waals surface area (Å²) in [7, 11) is 0. The molecule has 4 heterocycles. The van der Waals surface area contributed by atoms with Gasteiger partial charge in [-0.05, 0) is 64.7 Å². The van der Waals surface area contributed by atoms with E-state index in [9.17, 15) is 9.59 Å². The second-order valence-corrected chi connectivity index (χ2v) is 11.9. The highest BCUT2D eigenvalue weighted by Crippen LogP contribution is 2.50. The number of piperidine rings is 1. The van der Waals surface area contributed by atoms with Gasteiger partial charge in [0.05, 0.1) is 6.04 Å². The van der Waals surface area contributed by atoms with E-state index in [-0.39, 0.29) is 24.8 Å². The maximum atomic E-state index is 12.7. The van der Waals surface area contributed by atoms with Gasteiger partial charge in [0.25, 0.3) is 0 Å². The first kappa shape index (κ1) is 27.1. The number of hydrogen-bond acceptors (Lipinski definition) is 6. The number of benzene rings is 1. The van der Waals surface area contributed by atoms with E-state index in [1.807, 2.05) is 25.7 Å². The minimum absolute atomic E-state index is 0.169. The summed E-state index contributed by atoms with van der Waals surface area (Å²) in [6.07, 6.45) is 7.07. The van der Waals surface area contributed by atoms with Crippen molar-refractivity contribution in [2.75, 3.05) is 32.8 Å². The minimum Gasteiger partial charge on any atom is -0.482 e. The van der Waals surface area contributed by atoms with E-state index >= 15 is 0 Å². The molecule has 2 amide bonds. The first-order chi connectivity index (χ1) is 18.6. The Labute approximate surface area is 230 Å². The fourth-order valence-electron chi connectivity index (χ4n) is 5.78. The Balaban J connectivity index is 1.39. The Kier molecular flexibility index (Phi) is 7.35. The molecule has 0 saturated carbocycles. The number of aryl methyl sites for hydroxylation is 1. The van der Waals surface area contributed by atoms with Crippen LogP contribution in [-0.4, -0.2) is 70.2 Å². The van der Waals surface area contributed by atoms with Gasteiger partial charge in [0.2, 0.25) is 0 Å². The zero-order valence-electron chi connectivity index (χ0n) is 23.6. The number of likely N-dealkylation sites (tertiary alicyclic amines) is 2. The molecule has 2 aromatic rings. The highest BCUT2D eigenvalue weighted by molar-refractivity contribution is 5.74. The molecule has 3 aliphatic heterocycles. The molecule has 0 aliphatic carbocycles. The molecular formula is C30H40N4O5. The molecule has 3 aliphatic rings. The van der Waals surface area contributed by atoms with Crippen LogP contribution in [0, 0.1) is 6.92 Å². The largest absolute Gasteiger partial charge is 0.482 e. The molecule has 210 valence electrons. The van der Waals surface area contributed by atoms with Crippen molar-refractivity contribution in [2.45, 2.75) is 77.0 Å². The maximum Gasteiger partial charge on any atom is 0.410 e. The van der Waals surface area contributed by atoms with Crippen LogP contribution in [0.25, 0.3) is 11.3 Å². The molecule has 2 saturated heterocycles. The van der Waals surface area contributed by atoms with Gasteiger partial charge in [-0.25, -0.2) is 9.59 Å². The number of nitrogens with zero attached hydrogens (tertiary/aromatic N) is 4. The van der Waals surface area contributed by atoms with Gasteiger partial charge in [-0.15, -0.1) is 0 Å². The predicted molar refractivity (Wildman–Crippen MR) is 148 cm³/mol. The fourth-order valence-corrected chi connectivity index (χ4v) is 5.78. The zero-order valence-corrected chi connectivity index (χ0v) is 23.6. The minimum atomic E-state index is -0.559. The number of rotatable bonds is 3. The van der Waals surface area contributed by atoms with Gasteiger partial charge < -0.3 is 24.0 Å². The Morgan fingerprint density at radius 3 is 2.59 bits per heavy atom. The number of carbonyl (C=O) groups is 2. The van der Waals surface area contributed by atoms with Gasteiger partial charge in [0, 0.05) is 56.3 Å². The lowest BCUT2D eigenvalue weighted by molar-refractivity contribution is -0.00443. The number of fused-ring (bicyclic) bond motifs is 4. The van der Waals surface area contributed by atoms with Gasteiger partial charge in [-0.2, -0.15) is 5.10 Å². The lowest BCUT2D eigenvalue weighted by Gasteiger charge is -2.43. The SMILES string of the molecule is C=CCOC(=O)N1CCC2(CC1)Oc1cc(C)ccc1-c1nn(C3CCCN(C(=O)OC(C)(C)C)CC3)cc12. The Bertz CT molecular complexity index is 1240. The molecule has 39 heavy (non-hydrogen) atoms. The summed E-state index contributed by atoms with van der Waals surface area (Å²) in [4.78, 5) is 28.7. The third-order valence-electron chi connectivity index (χ3n) is 7.80. The molecule has 9 heteroatoms. The summed E-state index contributed by atoms with van der Waals surface area (Å²) in [6.45, 7) is 14.0. The number of carbonyl (C=O) groups excluding carboxylic acids is 2. The van der Waals surface area contributed by atoms with Gasteiger partial charge in [0.15, 0.2) is 0 Å². The molecule has 0 radical (unpaired) electrons. The number of aromatic nitrogens is 2. The second kappa shape index (κ2) is 10.6. The maximum absolute atomic E-state index is 12.7. The highest BCUT2D eigenvalue weighted by atomic mass is 16.6. The van der Waals surface area contributed by atoms with Crippen LogP contribution in [0.4, 0.5) is 9.59 Å². The van der Waals surface area contributed by atoms with Crippen molar-refractivity contribution in [3.05, 3.63) is 48.2 Å². The molecule has 0 bridgehead atoms. The third kappa shape index (κ3) is 5.63. The molecular weight excluding hydrogens is 496 g/mol. The molecule has 1 atom stereocenters. The van der Waals surface area contributed by atoms with Crippen molar-refractivity contribution < 1.29 is 23.8 Å². The number of amides is 2. The standard InChI is InChI=1S/C30H40N4O5/c1-6-18-37-27(35)33-16-12-30(13-17-33)24-20-34(31-26(24)23-10-9-21(2)19-25(23)38-30)22-8-7-14-32(15-11-22)28(36)39-29(3,4)5/h6,9-10,19-20,22H,1,7-8,11-18H2,2-5H3. The second-order valence-electron chi connectivity index (χ2n) is 11.9. The number of hydrogen-bond donors (Lipinski definition) is 0. The van der Waals surface area contributed by atoms with Crippen molar-refractivity contribution in [2.24, 2.45) is 0 Å². The zero-order chi connectivity index (χ0) is 27.8. The molecule has 0 N–H and O–H groups in total. The molecule has 2 fully saturated rings. The third-order valence-corrected chi connectivity index (χ3v) is 7.80. The lowest BCUT2D eigenvalue weighted by Crippen LogP contribution is -2.49. The van der Waals surface area contributed by atoms with Crippen LogP contribution < -0.4 is 4.74 Å². The summed E-state index contributed by atoms with van der Waals surface area (Å²) >= 11 is 0. The summed E-state index contributed by atoms with van der Waals surface area (Å²) < 4.78 is 19.8. The molecule has 9 nitrogen and oxygen atoms in total. The van der Waals surface area contributed by atoms with Gasteiger partial charge in [-0.3, -0.25) is 4.68 Å². The van der Waals surface area contributed by atoms with Crippen LogP contribution in [-0.2, 0) is 15.1 Å². The average molecular weight is 537 g/mol. The van der Waals surface area contributed by atoms with Crippen molar-refractivity contribution in [1.82, 2.24) is 19.6 Å². The Morgan fingerprint density at radius 2 is 1.87 bits per heavy atom. The Morgan fingerprint density at radius 1 is 1.13 bits per heavy atom. The quantitative estimate of drug-likeness (QED) is 0.459. The lowest BCUT2D eigenvalue weighted by atomic mass is 9.81. The van der Waals surface area contributed by atoms with Crippen LogP contribution in [0.15, 0.2) is 37.1 Å². The van der Waals surface area contributed by atoms with Crippen molar-refractivity contribution >= 4 is 12.2 Å². The van der Waals surface area contributed by atoms with Crippen molar-refractivity contribution in [1.29, 1.82) is 0 Å². The van der Waals surface area contributed by atoms with Crippen LogP contribution >= 0.6 is 0 Å². The van der Waals surface area contributed by atoms with Gasteiger partial charge >= 0.3 is 12.2 Å². The first-order valence-electron chi connectivity index (χ1n) is 14.0. The van der Waals surface area contributed by atoms with Gasteiger partial charge in [-0.1, -0.05) is 18.7 Å². The molecule has 1 unspecified atom stereocenters. The van der Waals surface area contributed by atoms with Gasteiger partial charge in [0.1, 0.15) is 29.3 Å². The topological polar surface area (TPSA) is 86.1 Å². The molecule has 1 spiro atoms. The average Bonchev–Trinajstić information content (AvgIpc) is 3.19. The monoisotopic (exact) mass is 536 g/mol. The summed E-state index contributed by atoms with van der Waals surface area (Å²) in [5.74, 6) is 0.840. The van der Waals surface area contributed by atoms with E-state index in [2.05, 4.69) is 42.6 Å². The molecule has 1 aromatic carbocycles. The Hall–Kier alpha value is -3.49. The first-order valence-corrected chi connectivity index (χ1v) is 14.0.